The first-order valence-corrected chi connectivity index (χ1v) is 16.3. The number of carbonyl (C=O) groups excluding carboxylic acids is 2. The number of rotatable bonds is 8. The third-order valence-electron chi connectivity index (χ3n) is 8.32. The molecular formula is C35H32BrCl2NO4. The predicted octanol–water partition coefficient (Wildman–Crippen LogP) is 9.35. The van der Waals surface area contributed by atoms with E-state index in [1.54, 1.807) is 12.1 Å². The first-order chi connectivity index (χ1) is 20.9. The van der Waals surface area contributed by atoms with E-state index in [0.717, 1.165) is 64.9 Å². The van der Waals surface area contributed by atoms with E-state index < -0.39 is 5.92 Å². The lowest BCUT2D eigenvalue weighted by molar-refractivity contribution is -0.117. The van der Waals surface area contributed by atoms with E-state index in [4.69, 9.17) is 32.7 Å². The zero-order chi connectivity index (χ0) is 30.1. The second-order valence-corrected chi connectivity index (χ2v) is 12.8. The Labute approximate surface area is 270 Å². The van der Waals surface area contributed by atoms with Crippen molar-refractivity contribution in [1.82, 2.24) is 4.90 Å². The van der Waals surface area contributed by atoms with Crippen LogP contribution >= 0.6 is 39.1 Å². The molecular weight excluding hydrogens is 649 g/mol. The lowest BCUT2D eigenvalue weighted by Gasteiger charge is -2.44. The van der Waals surface area contributed by atoms with Gasteiger partial charge in [-0.3, -0.25) is 9.59 Å². The van der Waals surface area contributed by atoms with E-state index in [9.17, 15) is 9.59 Å². The molecule has 8 heteroatoms. The van der Waals surface area contributed by atoms with Crippen LogP contribution in [0.25, 0.3) is 0 Å². The largest absolute Gasteiger partial charge is 0.490 e. The highest BCUT2D eigenvalue weighted by molar-refractivity contribution is 9.10. The van der Waals surface area contributed by atoms with Crippen LogP contribution in [0.5, 0.6) is 11.5 Å². The first-order valence-electron chi connectivity index (χ1n) is 14.7. The van der Waals surface area contributed by atoms with Gasteiger partial charge in [0.1, 0.15) is 6.61 Å². The SMILES string of the molecule is CCOc1cc(C2C3=C(CCCC3=O)N(Cc3ccccc3)C3=C2C(=O)CCC3)cc(Br)c1OCc1ccc(Cl)cc1Cl. The molecule has 0 N–H and O–H groups in total. The number of halogens is 3. The first kappa shape index (κ1) is 30.0. The minimum absolute atomic E-state index is 0.112. The summed E-state index contributed by atoms with van der Waals surface area (Å²) in [6, 6.07) is 19.5. The predicted molar refractivity (Wildman–Crippen MR) is 173 cm³/mol. The summed E-state index contributed by atoms with van der Waals surface area (Å²) >= 11 is 16.2. The van der Waals surface area contributed by atoms with Gasteiger partial charge in [-0.1, -0.05) is 59.6 Å². The number of ketones is 2. The van der Waals surface area contributed by atoms with E-state index in [-0.39, 0.29) is 18.2 Å². The second kappa shape index (κ2) is 12.9. The van der Waals surface area contributed by atoms with Gasteiger partial charge in [0.05, 0.1) is 11.1 Å². The summed E-state index contributed by atoms with van der Waals surface area (Å²) in [7, 11) is 0. The van der Waals surface area contributed by atoms with Gasteiger partial charge in [0.2, 0.25) is 0 Å². The van der Waals surface area contributed by atoms with Gasteiger partial charge in [0.25, 0.3) is 0 Å². The Kier molecular flexibility index (Phi) is 8.99. The molecule has 43 heavy (non-hydrogen) atoms. The Morgan fingerprint density at radius 1 is 0.860 bits per heavy atom. The number of Topliss-reactive ketones (excluding diaryl/α,β-unsaturated/α-hetero) is 2. The van der Waals surface area contributed by atoms with Crippen molar-refractivity contribution in [2.45, 2.75) is 64.5 Å². The number of hydrogen-bond acceptors (Lipinski definition) is 5. The average molecular weight is 681 g/mol. The standard InChI is InChI=1S/C35H32BrCl2NO4/c1-2-42-31-17-23(16-25(36)35(31)43-20-22-14-15-24(37)18-26(22)38)32-33-27(10-6-12-29(33)40)39(19-21-8-4-3-5-9-21)28-11-7-13-30(41)34(28)32/h3-5,8-9,14-18,32H,2,6-7,10-13,19-20H2,1H3. The molecule has 2 aliphatic carbocycles. The van der Waals surface area contributed by atoms with Crippen LogP contribution in [-0.4, -0.2) is 23.1 Å². The summed E-state index contributed by atoms with van der Waals surface area (Å²) in [4.78, 5) is 29.8. The molecule has 3 aliphatic rings. The molecule has 0 aromatic heterocycles. The van der Waals surface area contributed by atoms with E-state index in [1.807, 2.05) is 43.3 Å². The van der Waals surface area contributed by atoms with Crippen molar-refractivity contribution >= 4 is 50.7 Å². The monoisotopic (exact) mass is 679 g/mol. The molecule has 5 nitrogen and oxygen atoms in total. The highest BCUT2D eigenvalue weighted by atomic mass is 79.9. The lowest BCUT2D eigenvalue weighted by Crippen LogP contribution is -2.38. The number of benzene rings is 3. The molecule has 0 unspecified atom stereocenters. The summed E-state index contributed by atoms with van der Waals surface area (Å²) < 4.78 is 13.0. The quantitative estimate of drug-likeness (QED) is 0.237. The highest BCUT2D eigenvalue weighted by Gasteiger charge is 2.43. The average Bonchev–Trinajstić information content (AvgIpc) is 2.99. The molecule has 3 aromatic rings. The van der Waals surface area contributed by atoms with Gasteiger partial charge in [-0.25, -0.2) is 0 Å². The second-order valence-electron chi connectivity index (χ2n) is 11.1. The molecule has 1 heterocycles. The number of allylic oxidation sites excluding steroid dienone is 4. The molecule has 0 radical (unpaired) electrons. The number of ether oxygens (including phenoxy) is 2. The summed E-state index contributed by atoms with van der Waals surface area (Å²) in [5, 5.41) is 1.08. The van der Waals surface area contributed by atoms with Crippen molar-refractivity contribution in [3.05, 3.63) is 114 Å². The van der Waals surface area contributed by atoms with Crippen LogP contribution < -0.4 is 9.47 Å². The molecule has 0 fully saturated rings. The maximum absolute atomic E-state index is 13.8. The summed E-state index contributed by atoms with van der Waals surface area (Å²) in [6.07, 6.45) is 4.18. The molecule has 0 amide bonds. The lowest BCUT2D eigenvalue weighted by atomic mass is 9.71. The van der Waals surface area contributed by atoms with Crippen LogP contribution in [0.2, 0.25) is 10.0 Å². The summed E-state index contributed by atoms with van der Waals surface area (Å²) in [6.45, 7) is 3.19. The minimum Gasteiger partial charge on any atom is -0.490 e. The third kappa shape index (κ3) is 6.02. The van der Waals surface area contributed by atoms with Crippen LogP contribution in [0.1, 0.15) is 68.1 Å². The van der Waals surface area contributed by atoms with Crippen LogP contribution in [0.4, 0.5) is 0 Å². The maximum Gasteiger partial charge on any atom is 0.175 e. The topological polar surface area (TPSA) is 55.8 Å². The van der Waals surface area contributed by atoms with Crippen molar-refractivity contribution < 1.29 is 19.1 Å². The smallest absolute Gasteiger partial charge is 0.175 e. The Morgan fingerprint density at radius 2 is 1.53 bits per heavy atom. The van der Waals surface area contributed by atoms with Gasteiger partial charge in [-0.05, 0) is 83.9 Å². The molecule has 0 spiro atoms. The number of nitrogens with zero attached hydrogens (tertiary/aromatic N) is 1. The minimum atomic E-state index is -0.451. The fraction of sp³-hybridized carbons (Fsp3) is 0.314. The Balaban J connectivity index is 1.45. The van der Waals surface area contributed by atoms with Crippen molar-refractivity contribution in [3.63, 3.8) is 0 Å². The van der Waals surface area contributed by atoms with Crippen LogP contribution in [0.15, 0.2) is 87.7 Å². The van der Waals surface area contributed by atoms with Gasteiger partial charge < -0.3 is 14.4 Å². The number of carbonyl (C=O) groups is 2. The van der Waals surface area contributed by atoms with Gasteiger partial charge in [0.15, 0.2) is 23.1 Å². The molecule has 0 saturated carbocycles. The summed E-state index contributed by atoms with van der Waals surface area (Å²) in [5.41, 5.74) is 6.37. The fourth-order valence-electron chi connectivity index (χ4n) is 6.45. The van der Waals surface area contributed by atoms with Gasteiger partial charge in [0, 0.05) is 63.5 Å². The fourth-order valence-corrected chi connectivity index (χ4v) is 7.49. The third-order valence-corrected chi connectivity index (χ3v) is 9.50. The molecule has 3 aromatic carbocycles. The van der Waals surface area contributed by atoms with Crippen LogP contribution in [-0.2, 0) is 22.7 Å². The normalized spacial score (nSPS) is 17.3. The highest BCUT2D eigenvalue weighted by Crippen LogP contribution is 2.51. The molecule has 1 aliphatic heterocycles. The van der Waals surface area contributed by atoms with Crippen molar-refractivity contribution in [1.29, 1.82) is 0 Å². The summed E-state index contributed by atoms with van der Waals surface area (Å²) in [5.74, 6) is 0.848. The number of hydrogen-bond donors (Lipinski definition) is 0. The maximum atomic E-state index is 13.8. The Bertz CT molecular complexity index is 1600. The zero-order valence-corrected chi connectivity index (χ0v) is 27.0. The molecule has 222 valence electrons. The Morgan fingerprint density at radius 3 is 2.16 bits per heavy atom. The van der Waals surface area contributed by atoms with E-state index in [2.05, 4.69) is 33.0 Å². The molecule has 0 atom stereocenters. The molecule has 0 saturated heterocycles. The van der Waals surface area contributed by atoms with Crippen LogP contribution in [0, 0.1) is 0 Å². The molecule has 0 bridgehead atoms. The Hall–Kier alpha value is -3.06. The van der Waals surface area contributed by atoms with Crippen LogP contribution in [0.3, 0.4) is 0 Å². The van der Waals surface area contributed by atoms with E-state index in [0.29, 0.717) is 52.0 Å². The van der Waals surface area contributed by atoms with Gasteiger partial charge in [-0.15, -0.1) is 0 Å². The van der Waals surface area contributed by atoms with E-state index >= 15 is 0 Å². The van der Waals surface area contributed by atoms with Crippen molar-refractivity contribution in [2.75, 3.05) is 6.61 Å². The van der Waals surface area contributed by atoms with Crippen molar-refractivity contribution in [3.8, 4) is 11.5 Å². The van der Waals surface area contributed by atoms with Gasteiger partial charge >= 0.3 is 0 Å². The van der Waals surface area contributed by atoms with Crippen molar-refractivity contribution in [2.24, 2.45) is 0 Å². The van der Waals surface area contributed by atoms with Gasteiger partial charge in [-0.2, -0.15) is 0 Å². The zero-order valence-electron chi connectivity index (χ0n) is 23.9. The van der Waals surface area contributed by atoms with E-state index in [1.165, 1.54) is 0 Å². The molecule has 6 rings (SSSR count).